The van der Waals surface area contributed by atoms with E-state index in [4.69, 9.17) is 4.74 Å². The molecule has 1 N–H and O–H groups in total. The second kappa shape index (κ2) is 10.4. The average Bonchev–Trinajstić information content (AvgIpc) is 3.18. The highest BCUT2D eigenvalue weighted by molar-refractivity contribution is 7.18. The Kier molecular flexibility index (Phi) is 8.08. The predicted octanol–water partition coefficient (Wildman–Crippen LogP) is 3.08. The van der Waals surface area contributed by atoms with Gasteiger partial charge in [-0.05, 0) is 32.8 Å². The van der Waals surface area contributed by atoms with Crippen LogP contribution in [0.2, 0.25) is 0 Å². The van der Waals surface area contributed by atoms with Gasteiger partial charge in [-0.1, -0.05) is 6.92 Å². The lowest BCUT2D eigenvalue weighted by Crippen LogP contribution is -2.21. The molecule has 2 rings (SSSR count). The molecule has 0 fully saturated rings. The van der Waals surface area contributed by atoms with Crippen LogP contribution in [0.25, 0.3) is 0 Å². The first-order valence-corrected chi connectivity index (χ1v) is 10.8. The van der Waals surface area contributed by atoms with Crippen LogP contribution in [0.4, 0.5) is 10.7 Å². The highest BCUT2D eigenvalue weighted by Gasteiger charge is 2.28. The van der Waals surface area contributed by atoms with E-state index in [0.717, 1.165) is 11.3 Å². The molecule has 0 spiro atoms. The van der Waals surface area contributed by atoms with Crippen molar-refractivity contribution in [2.75, 3.05) is 26.0 Å². The van der Waals surface area contributed by atoms with Gasteiger partial charge < -0.3 is 15.0 Å². The number of amides is 2. The third-order valence-corrected chi connectivity index (χ3v) is 5.91. The monoisotopic (exact) mass is 465 g/mol. The Balaban J connectivity index is 2.25. The molecule has 0 aromatic carbocycles. The summed E-state index contributed by atoms with van der Waals surface area (Å²) in [4.78, 5) is 50.1. The smallest absolute Gasteiger partial charge is 0.341 e. The van der Waals surface area contributed by atoms with E-state index in [1.807, 2.05) is 6.92 Å². The number of aromatic nitrogens is 2. The molecular formula is C20H27N5O6S. The molecule has 174 valence electrons. The van der Waals surface area contributed by atoms with Crippen molar-refractivity contribution in [3.63, 3.8) is 0 Å². The Bertz CT molecular complexity index is 1060. The molecule has 12 heteroatoms. The molecule has 0 radical (unpaired) electrons. The third-order valence-electron chi connectivity index (χ3n) is 4.72. The first-order chi connectivity index (χ1) is 15.0. The Morgan fingerprint density at radius 3 is 2.44 bits per heavy atom. The molecule has 0 unspecified atom stereocenters. The number of nitro groups is 1. The standard InChI is InChI=1S/C20H27N5O6S/c1-7-10-31-20(28)15-11(2)17(19(27)23(5)6)32-18(15)21-14(26)8-9-24-13(4)16(25(29)30)12(3)22-24/h7-10H2,1-6H3,(H,21,26). The SMILES string of the molecule is CCCOC(=O)c1c(NC(=O)CCn2nc(C)c([N+](=O)[O-])c2C)sc(C(=O)N(C)C)c1C. The van der Waals surface area contributed by atoms with E-state index < -0.39 is 16.8 Å². The van der Waals surface area contributed by atoms with E-state index in [2.05, 4.69) is 10.4 Å². The summed E-state index contributed by atoms with van der Waals surface area (Å²) in [6.07, 6.45) is 0.603. The summed E-state index contributed by atoms with van der Waals surface area (Å²) in [6, 6.07) is 0. The number of nitrogens with one attached hydrogen (secondary N) is 1. The minimum absolute atomic E-state index is 0.0313. The number of carbonyl (C=O) groups excluding carboxylic acids is 3. The van der Waals surface area contributed by atoms with Crippen LogP contribution < -0.4 is 5.32 Å². The molecule has 2 aromatic heterocycles. The number of ether oxygens (including phenoxy) is 1. The summed E-state index contributed by atoms with van der Waals surface area (Å²) in [5.74, 6) is -1.31. The second-order valence-electron chi connectivity index (χ2n) is 7.39. The normalized spacial score (nSPS) is 10.7. The van der Waals surface area contributed by atoms with Crippen LogP contribution in [0.5, 0.6) is 0 Å². The quantitative estimate of drug-likeness (QED) is 0.341. The predicted molar refractivity (Wildman–Crippen MR) is 119 cm³/mol. The van der Waals surface area contributed by atoms with Gasteiger partial charge in [0.05, 0.1) is 28.5 Å². The van der Waals surface area contributed by atoms with Crippen LogP contribution in [0.3, 0.4) is 0 Å². The minimum Gasteiger partial charge on any atom is -0.462 e. The molecule has 0 saturated heterocycles. The Hall–Kier alpha value is -3.28. The molecule has 0 aliphatic rings. The van der Waals surface area contributed by atoms with Crippen molar-refractivity contribution < 1.29 is 24.0 Å². The van der Waals surface area contributed by atoms with Crippen molar-refractivity contribution in [1.29, 1.82) is 0 Å². The first kappa shape index (κ1) is 25.0. The lowest BCUT2D eigenvalue weighted by molar-refractivity contribution is -0.386. The molecule has 2 amide bonds. The molecule has 0 bridgehead atoms. The topological polar surface area (TPSA) is 137 Å². The summed E-state index contributed by atoms with van der Waals surface area (Å²) in [5, 5.41) is 18.2. The van der Waals surface area contributed by atoms with E-state index in [1.54, 1.807) is 27.9 Å². The molecule has 32 heavy (non-hydrogen) atoms. The van der Waals surface area contributed by atoms with E-state index in [9.17, 15) is 24.5 Å². The fourth-order valence-corrected chi connectivity index (χ4v) is 4.32. The van der Waals surface area contributed by atoms with Gasteiger partial charge in [0, 0.05) is 20.5 Å². The van der Waals surface area contributed by atoms with Crippen LogP contribution in [-0.4, -0.2) is 58.1 Å². The largest absolute Gasteiger partial charge is 0.462 e. The fraction of sp³-hybridized carbons (Fsp3) is 0.500. The van der Waals surface area contributed by atoms with Crippen LogP contribution in [0.1, 0.15) is 56.7 Å². The van der Waals surface area contributed by atoms with Gasteiger partial charge in [-0.3, -0.25) is 24.4 Å². The van der Waals surface area contributed by atoms with Gasteiger partial charge in [-0.2, -0.15) is 5.10 Å². The minimum atomic E-state index is -0.608. The molecule has 0 aliphatic carbocycles. The van der Waals surface area contributed by atoms with Gasteiger partial charge >= 0.3 is 11.7 Å². The number of anilines is 1. The van der Waals surface area contributed by atoms with Crippen molar-refractivity contribution in [2.45, 2.75) is 47.1 Å². The van der Waals surface area contributed by atoms with Gasteiger partial charge in [0.15, 0.2) is 0 Å². The van der Waals surface area contributed by atoms with Crippen molar-refractivity contribution in [3.8, 4) is 0 Å². The van der Waals surface area contributed by atoms with Crippen molar-refractivity contribution in [1.82, 2.24) is 14.7 Å². The van der Waals surface area contributed by atoms with Crippen LogP contribution in [-0.2, 0) is 16.1 Å². The van der Waals surface area contributed by atoms with Gasteiger partial charge in [0.1, 0.15) is 16.4 Å². The number of hydrogen-bond acceptors (Lipinski definition) is 8. The number of hydrogen-bond donors (Lipinski definition) is 1. The number of rotatable bonds is 9. The van der Waals surface area contributed by atoms with Gasteiger partial charge in [0.25, 0.3) is 5.91 Å². The molecule has 0 aliphatic heterocycles. The van der Waals surface area contributed by atoms with Crippen LogP contribution in [0.15, 0.2) is 0 Å². The van der Waals surface area contributed by atoms with Gasteiger partial charge in [-0.15, -0.1) is 11.3 Å². The number of esters is 1. The van der Waals surface area contributed by atoms with E-state index in [-0.39, 0.29) is 47.4 Å². The van der Waals surface area contributed by atoms with Crippen molar-refractivity contribution >= 4 is 39.8 Å². The van der Waals surface area contributed by atoms with Gasteiger partial charge in [-0.25, -0.2) is 4.79 Å². The zero-order valence-corrected chi connectivity index (χ0v) is 19.8. The van der Waals surface area contributed by atoms with E-state index in [0.29, 0.717) is 22.6 Å². The molecule has 0 atom stereocenters. The molecule has 0 saturated carbocycles. The number of carbonyl (C=O) groups is 3. The van der Waals surface area contributed by atoms with Crippen LogP contribution in [0, 0.1) is 30.9 Å². The third kappa shape index (κ3) is 5.31. The summed E-state index contributed by atoms with van der Waals surface area (Å²) >= 11 is 1.01. The Morgan fingerprint density at radius 1 is 1.25 bits per heavy atom. The van der Waals surface area contributed by atoms with E-state index in [1.165, 1.54) is 16.5 Å². The fourth-order valence-electron chi connectivity index (χ4n) is 3.09. The summed E-state index contributed by atoms with van der Waals surface area (Å²) in [5.41, 5.74) is 1.15. The molecule has 2 aromatic rings. The molecule has 2 heterocycles. The lowest BCUT2D eigenvalue weighted by atomic mass is 10.1. The van der Waals surface area contributed by atoms with Crippen molar-refractivity contribution in [2.24, 2.45) is 0 Å². The number of nitrogens with zero attached hydrogens (tertiary/aromatic N) is 4. The molecule has 11 nitrogen and oxygen atoms in total. The highest BCUT2D eigenvalue weighted by atomic mass is 32.1. The zero-order valence-electron chi connectivity index (χ0n) is 19.0. The maximum absolute atomic E-state index is 12.6. The number of aryl methyl sites for hydroxylation is 2. The zero-order chi connectivity index (χ0) is 24.2. The summed E-state index contributed by atoms with van der Waals surface area (Å²) < 4.78 is 6.64. The first-order valence-electron chi connectivity index (χ1n) is 9.99. The van der Waals surface area contributed by atoms with Crippen molar-refractivity contribution in [3.05, 3.63) is 37.5 Å². The highest BCUT2D eigenvalue weighted by Crippen LogP contribution is 2.34. The average molecular weight is 466 g/mol. The maximum Gasteiger partial charge on any atom is 0.341 e. The second-order valence-corrected chi connectivity index (χ2v) is 8.41. The lowest BCUT2D eigenvalue weighted by Gasteiger charge is -2.09. The summed E-state index contributed by atoms with van der Waals surface area (Å²) in [7, 11) is 3.20. The van der Waals surface area contributed by atoms with Crippen LogP contribution >= 0.6 is 11.3 Å². The summed E-state index contributed by atoms with van der Waals surface area (Å²) in [6.45, 7) is 6.94. The van der Waals surface area contributed by atoms with Gasteiger partial charge in [0.2, 0.25) is 5.91 Å². The Morgan fingerprint density at radius 2 is 1.91 bits per heavy atom. The number of thiophene rings is 1. The maximum atomic E-state index is 12.6. The molecular weight excluding hydrogens is 438 g/mol. The Labute approximate surface area is 189 Å². The van der Waals surface area contributed by atoms with E-state index >= 15 is 0 Å².